The number of carbonyl (C=O) groups is 1. The highest BCUT2D eigenvalue weighted by Crippen LogP contribution is 2.62. The topological polar surface area (TPSA) is 46.5 Å². The molecule has 3 nitrogen and oxygen atoms in total. The molecule has 1 heterocycles. The summed E-state index contributed by atoms with van der Waals surface area (Å²) in [6.07, 6.45) is 12.4. The van der Waals surface area contributed by atoms with Crippen LogP contribution in [0.3, 0.4) is 0 Å². The first-order valence-electron chi connectivity index (χ1n) is 14.9. The Labute approximate surface area is 211 Å². The van der Waals surface area contributed by atoms with Crippen LogP contribution in [0.15, 0.2) is 0 Å². The molecule has 4 rings (SSSR count). The van der Waals surface area contributed by atoms with Gasteiger partial charge in [-0.1, -0.05) is 67.7 Å². The fourth-order valence-corrected chi connectivity index (χ4v) is 8.58. The zero-order chi connectivity index (χ0) is 25.3. The van der Waals surface area contributed by atoms with E-state index in [0.717, 1.165) is 24.7 Å². The zero-order valence-corrected chi connectivity index (χ0v) is 23.7. The number of unbranched alkanes of at least 4 members (excludes halogenated alkanes) is 1. The summed E-state index contributed by atoms with van der Waals surface area (Å²) in [5, 5.41) is 10.4. The third-order valence-electron chi connectivity index (χ3n) is 11.0. The van der Waals surface area contributed by atoms with E-state index >= 15 is 0 Å². The van der Waals surface area contributed by atoms with Crippen LogP contribution in [0.4, 0.5) is 0 Å². The van der Waals surface area contributed by atoms with Crippen molar-refractivity contribution in [2.24, 2.45) is 46.3 Å². The molecule has 1 N–H and O–H groups in total. The lowest BCUT2D eigenvalue weighted by Gasteiger charge is -2.56. The summed E-state index contributed by atoms with van der Waals surface area (Å²) in [4.78, 5) is 13.9. The summed E-state index contributed by atoms with van der Waals surface area (Å²) in [7, 11) is 0. The number of ether oxygens (including phenoxy) is 1. The maximum absolute atomic E-state index is 13.9. The zero-order valence-electron chi connectivity index (χ0n) is 23.7. The van der Waals surface area contributed by atoms with Gasteiger partial charge < -0.3 is 9.84 Å². The number of aliphatic hydroxyl groups is 1. The summed E-state index contributed by atoms with van der Waals surface area (Å²) in [5.41, 5.74) is 0.261. The van der Waals surface area contributed by atoms with Crippen molar-refractivity contribution in [3.05, 3.63) is 0 Å². The van der Waals surface area contributed by atoms with Gasteiger partial charge in [-0.25, -0.2) is 0 Å². The van der Waals surface area contributed by atoms with Crippen LogP contribution in [-0.4, -0.2) is 29.2 Å². The van der Waals surface area contributed by atoms with Crippen LogP contribution in [0.2, 0.25) is 0 Å². The molecular weight excluding hydrogens is 420 g/mol. The number of ketones is 1. The number of fused-ring (bicyclic) bond motifs is 2. The maximum Gasteiger partial charge on any atom is 0.165 e. The quantitative estimate of drug-likeness (QED) is 0.397. The van der Waals surface area contributed by atoms with Crippen LogP contribution in [0.1, 0.15) is 126 Å². The second-order valence-corrected chi connectivity index (χ2v) is 13.2. The summed E-state index contributed by atoms with van der Waals surface area (Å²) < 4.78 is 6.70. The summed E-state index contributed by atoms with van der Waals surface area (Å²) in [6.45, 7) is 18.0. The summed E-state index contributed by atoms with van der Waals surface area (Å²) in [5.74, 6) is 3.43. The monoisotopic (exact) mass is 476 g/mol. The van der Waals surface area contributed by atoms with Crippen molar-refractivity contribution in [3.63, 3.8) is 0 Å². The van der Waals surface area contributed by atoms with Crippen LogP contribution in [0, 0.1) is 46.3 Å². The molecule has 1 aliphatic heterocycles. The molecule has 0 radical (unpaired) electrons. The van der Waals surface area contributed by atoms with Crippen molar-refractivity contribution in [2.75, 3.05) is 0 Å². The number of hydrogen-bond donors (Lipinski definition) is 1. The van der Waals surface area contributed by atoms with E-state index in [9.17, 15) is 9.90 Å². The Hall–Kier alpha value is -0.410. The van der Waals surface area contributed by atoms with Gasteiger partial charge in [0.2, 0.25) is 0 Å². The van der Waals surface area contributed by atoms with Crippen molar-refractivity contribution in [3.8, 4) is 0 Å². The van der Waals surface area contributed by atoms with Gasteiger partial charge in [-0.2, -0.15) is 0 Å². The Morgan fingerprint density at radius 1 is 1.00 bits per heavy atom. The molecule has 4 aliphatic rings. The Morgan fingerprint density at radius 3 is 2.35 bits per heavy atom. The first kappa shape index (κ1) is 28.2. The molecule has 34 heavy (non-hydrogen) atoms. The smallest absolute Gasteiger partial charge is 0.165 e. The van der Waals surface area contributed by atoms with Gasteiger partial charge in [-0.05, 0) is 93.3 Å². The average Bonchev–Trinajstić information content (AvgIpc) is 3.13. The minimum atomic E-state index is -0.321. The number of hydrogen-bond acceptors (Lipinski definition) is 3. The van der Waals surface area contributed by atoms with Gasteiger partial charge in [0, 0.05) is 11.3 Å². The van der Waals surface area contributed by atoms with Crippen LogP contribution in [0.25, 0.3) is 0 Å². The number of aliphatic hydroxyl groups excluding tert-OH is 1. The molecule has 1 saturated heterocycles. The lowest BCUT2D eigenvalue weighted by atomic mass is 9.53. The largest absolute Gasteiger partial charge is 0.393 e. The SMILES string of the molecule is CC.CC(C)CCCCC1CCC2C(C3O[C@H](C)C4(C)CCC(O)CC4C3=O)C(C)CCC12C. The fourth-order valence-electron chi connectivity index (χ4n) is 8.58. The second-order valence-electron chi connectivity index (χ2n) is 13.2. The normalized spacial score (nSPS) is 46.5. The first-order chi connectivity index (χ1) is 16.1. The molecule has 0 bridgehead atoms. The van der Waals surface area contributed by atoms with E-state index in [1.807, 2.05) is 13.8 Å². The van der Waals surface area contributed by atoms with E-state index in [4.69, 9.17) is 4.74 Å². The minimum absolute atomic E-state index is 0.0337. The Balaban J connectivity index is 0.00000158. The molecule has 9 unspecified atom stereocenters. The van der Waals surface area contributed by atoms with E-state index in [-0.39, 0.29) is 29.6 Å². The third kappa shape index (κ3) is 5.17. The predicted octanol–water partition coefficient (Wildman–Crippen LogP) is 7.83. The molecule has 0 aromatic carbocycles. The Bertz CT molecular complexity index is 674. The van der Waals surface area contributed by atoms with Crippen molar-refractivity contribution in [1.82, 2.24) is 0 Å². The van der Waals surface area contributed by atoms with Gasteiger partial charge in [0.05, 0.1) is 12.2 Å². The lowest BCUT2D eigenvalue weighted by molar-refractivity contribution is -0.203. The molecule has 198 valence electrons. The van der Waals surface area contributed by atoms with Gasteiger partial charge in [-0.15, -0.1) is 0 Å². The van der Waals surface area contributed by atoms with E-state index in [1.165, 1.54) is 51.4 Å². The first-order valence-corrected chi connectivity index (χ1v) is 14.9. The van der Waals surface area contributed by atoms with E-state index in [1.54, 1.807) is 0 Å². The van der Waals surface area contributed by atoms with Crippen LogP contribution < -0.4 is 0 Å². The van der Waals surface area contributed by atoms with Crippen LogP contribution >= 0.6 is 0 Å². The van der Waals surface area contributed by atoms with Crippen molar-refractivity contribution in [2.45, 2.75) is 144 Å². The van der Waals surface area contributed by atoms with Gasteiger partial charge >= 0.3 is 0 Å². The van der Waals surface area contributed by atoms with Gasteiger partial charge in [0.15, 0.2) is 5.78 Å². The number of carbonyl (C=O) groups excluding carboxylic acids is 1. The standard InChI is InChI=1S/C29H50O3.C2H6/c1-18(2)9-7-8-10-21-11-12-23-25(19(3)13-15-29(21,23)6)27-26(31)24-17-22(30)14-16-28(24,5)20(4)32-27;1-2/h18-25,27,30H,7-17H2,1-6H3;1-2H3/t19?,20-,21?,22?,23?,24?,25?,27?,28?,29?;/m1./s1. The molecule has 0 aromatic rings. The van der Waals surface area contributed by atoms with Gasteiger partial charge in [0.25, 0.3) is 0 Å². The molecule has 0 spiro atoms. The fraction of sp³-hybridized carbons (Fsp3) is 0.968. The predicted molar refractivity (Wildman–Crippen MR) is 142 cm³/mol. The highest BCUT2D eigenvalue weighted by molar-refractivity contribution is 5.87. The second kappa shape index (κ2) is 11.3. The highest BCUT2D eigenvalue weighted by Gasteiger charge is 2.60. The van der Waals surface area contributed by atoms with Crippen molar-refractivity contribution < 1.29 is 14.6 Å². The van der Waals surface area contributed by atoms with E-state index in [0.29, 0.717) is 35.4 Å². The molecule has 0 aromatic heterocycles. The summed E-state index contributed by atoms with van der Waals surface area (Å²) >= 11 is 0. The molecule has 4 fully saturated rings. The Morgan fingerprint density at radius 2 is 1.68 bits per heavy atom. The van der Waals surface area contributed by atoms with Gasteiger partial charge in [0.1, 0.15) is 6.10 Å². The Kier molecular flexibility index (Phi) is 9.38. The molecule has 10 atom stereocenters. The minimum Gasteiger partial charge on any atom is -0.393 e. The van der Waals surface area contributed by atoms with Crippen molar-refractivity contribution in [1.29, 1.82) is 0 Å². The number of Topliss-reactive ketones (excluding diaryl/α,β-unsaturated/α-hetero) is 1. The third-order valence-corrected chi connectivity index (χ3v) is 11.0. The van der Waals surface area contributed by atoms with Crippen molar-refractivity contribution >= 4 is 5.78 Å². The highest BCUT2D eigenvalue weighted by atomic mass is 16.5. The average molecular weight is 477 g/mol. The van der Waals surface area contributed by atoms with Gasteiger partial charge in [-0.3, -0.25) is 4.79 Å². The molecular formula is C31H56O3. The maximum atomic E-state index is 13.9. The summed E-state index contributed by atoms with van der Waals surface area (Å²) in [6, 6.07) is 0. The molecule has 3 heteroatoms. The molecule has 3 saturated carbocycles. The van der Waals surface area contributed by atoms with E-state index < -0.39 is 0 Å². The molecule has 0 amide bonds. The molecule has 3 aliphatic carbocycles. The van der Waals surface area contributed by atoms with E-state index in [2.05, 4.69) is 41.5 Å². The lowest BCUT2D eigenvalue weighted by Crippen LogP contribution is -2.60. The van der Waals surface area contributed by atoms with Crippen LogP contribution in [0.5, 0.6) is 0 Å². The van der Waals surface area contributed by atoms with Crippen LogP contribution in [-0.2, 0) is 9.53 Å². The number of rotatable bonds is 6.